The van der Waals surface area contributed by atoms with Crippen molar-refractivity contribution in [1.29, 1.82) is 0 Å². The quantitative estimate of drug-likeness (QED) is 0.896. The predicted octanol–water partition coefficient (Wildman–Crippen LogP) is 3.29. The Bertz CT molecular complexity index is 492. The molecule has 0 unspecified atom stereocenters. The fourth-order valence-electron chi connectivity index (χ4n) is 1.91. The van der Waals surface area contributed by atoms with Crippen LogP contribution in [-0.2, 0) is 11.0 Å². The molecule has 1 aromatic rings. The Kier molecular flexibility index (Phi) is 5.39. The van der Waals surface area contributed by atoms with Gasteiger partial charge in [-0.2, -0.15) is 13.2 Å². The number of aliphatic hydroxyl groups is 1. The lowest BCUT2D eigenvalue weighted by Crippen LogP contribution is -2.31. The van der Waals surface area contributed by atoms with Gasteiger partial charge in [-0.1, -0.05) is 39.0 Å². The molecular formula is C15H20F3NO2. The van der Waals surface area contributed by atoms with Crippen molar-refractivity contribution >= 4 is 5.91 Å². The maximum absolute atomic E-state index is 12.8. The van der Waals surface area contributed by atoms with Crippen LogP contribution in [0.2, 0.25) is 0 Å². The van der Waals surface area contributed by atoms with Crippen molar-refractivity contribution in [2.75, 3.05) is 6.54 Å². The number of carbonyl (C=O) groups is 1. The molecule has 0 heterocycles. The monoisotopic (exact) mass is 303 g/mol. The lowest BCUT2D eigenvalue weighted by Gasteiger charge is -2.20. The van der Waals surface area contributed by atoms with Crippen LogP contribution >= 0.6 is 0 Å². The van der Waals surface area contributed by atoms with E-state index in [1.807, 2.05) is 20.8 Å². The maximum atomic E-state index is 12.8. The molecule has 0 saturated carbocycles. The van der Waals surface area contributed by atoms with E-state index in [0.29, 0.717) is 0 Å². The minimum absolute atomic E-state index is 0.223. The molecular weight excluding hydrogens is 283 g/mol. The van der Waals surface area contributed by atoms with Crippen LogP contribution in [0.4, 0.5) is 13.2 Å². The minimum atomic E-state index is -4.53. The molecule has 0 aromatic heterocycles. The number of nitrogens with one attached hydrogen (secondary N) is 1. The highest BCUT2D eigenvalue weighted by molar-refractivity contribution is 5.76. The fourth-order valence-corrected chi connectivity index (χ4v) is 1.91. The number of rotatable bonds is 4. The van der Waals surface area contributed by atoms with Gasteiger partial charge in [0.05, 0.1) is 11.7 Å². The van der Waals surface area contributed by atoms with Crippen molar-refractivity contribution in [2.24, 2.45) is 5.41 Å². The summed E-state index contributed by atoms with van der Waals surface area (Å²) in [7, 11) is 0. The number of carbonyl (C=O) groups excluding carboxylic acids is 1. The van der Waals surface area contributed by atoms with Crippen molar-refractivity contribution in [3.05, 3.63) is 35.4 Å². The molecule has 1 atom stereocenters. The van der Waals surface area contributed by atoms with E-state index in [1.165, 1.54) is 18.2 Å². The van der Waals surface area contributed by atoms with E-state index in [-0.39, 0.29) is 29.9 Å². The average molecular weight is 303 g/mol. The molecule has 1 amide bonds. The van der Waals surface area contributed by atoms with E-state index >= 15 is 0 Å². The molecule has 21 heavy (non-hydrogen) atoms. The van der Waals surface area contributed by atoms with Gasteiger partial charge in [0.1, 0.15) is 0 Å². The van der Waals surface area contributed by atoms with E-state index in [0.717, 1.165) is 6.07 Å². The number of alkyl halides is 3. The number of benzene rings is 1. The number of amides is 1. The zero-order valence-corrected chi connectivity index (χ0v) is 12.3. The molecule has 0 fully saturated rings. The predicted molar refractivity (Wildman–Crippen MR) is 73.5 cm³/mol. The second kappa shape index (κ2) is 6.47. The van der Waals surface area contributed by atoms with Crippen LogP contribution in [0.25, 0.3) is 0 Å². The summed E-state index contributed by atoms with van der Waals surface area (Å²) >= 11 is 0. The van der Waals surface area contributed by atoms with E-state index in [4.69, 9.17) is 0 Å². The summed E-state index contributed by atoms with van der Waals surface area (Å²) < 4.78 is 38.5. The number of hydrogen-bond acceptors (Lipinski definition) is 2. The van der Waals surface area contributed by atoms with E-state index in [1.54, 1.807) is 0 Å². The second-order valence-corrected chi connectivity index (χ2v) is 6.14. The van der Waals surface area contributed by atoms with Gasteiger partial charge in [-0.3, -0.25) is 4.79 Å². The normalized spacial score (nSPS) is 13.9. The Hall–Kier alpha value is -1.56. The third kappa shape index (κ3) is 5.75. The van der Waals surface area contributed by atoms with Crippen LogP contribution in [0, 0.1) is 5.41 Å². The van der Waals surface area contributed by atoms with Crippen LogP contribution in [0.1, 0.15) is 44.4 Å². The van der Waals surface area contributed by atoms with Crippen molar-refractivity contribution < 1.29 is 23.1 Å². The van der Waals surface area contributed by atoms with Crippen LogP contribution in [0.5, 0.6) is 0 Å². The maximum Gasteiger partial charge on any atom is 0.416 e. The summed E-state index contributed by atoms with van der Waals surface area (Å²) in [6.07, 6.45) is -5.69. The first-order chi connectivity index (χ1) is 9.50. The van der Waals surface area contributed by atoms with Crippen LogP contribution in [0.3, 0.4) is 0 Å². The second-order valence-electron chi connectivity index (χ2n) is 6.14. The van der Waals surface area contributed by atoms with Crippen molar-refractivity contribution in [3.63, 3.8) is 0 Å². The standard InChI is InChI=1S/C15H20F3NO2/c1-14(2,3)8-13(21)19-9-12(20)10-6-4-5-7-11(10)15(16,17)18/h4-7,12,20H,8-9H2,1-3H3,(H,19,21)/t12-/m0/s1. The molecule has 1 rings (SSSR count). The topological polar surface area (TPSA) is 49.3 Å². The zero-order chi connectivity index (χ0) is 16.3. The smallest absolute Gasteiger partial charge is 0.387 e. The lowest BCUT2D eigenvalue weighted by atomic mass is 9.92. The van der Waals surface area contributed by atoms with Gasteiger partial charge >= 0.3 is 6.18 Å². The Morgan fingerprint density at radius 3 is 2.33 bits per heavy atom. The third-order valence-corrected chi connectivity index (χ3v) is 2.81. The van der Waals surface area contributed by atoms with Gasteiger partial charge in [-0.05, 0) is 17.0 Å². The van der Waals surface area contributed by atoms with Crippen molar-refractivity contribution in [1.82, 2.24) is 5.32 Å². The summed E-state index contributed by atoms with van der Waals surface area (Å²) in [5.74, 6) is -0.300. The Labute approximate surface area is 122 Å². The molecule has 6 heteroatoms. The molecule has 118 valence electrons. The van der Waals surface area contributed by atoms with Gasteiger partial charge in [0, 0.05) is 13.0 Å². The Morgan fingerprint density at radius 1 is 1.24 bits per heavy atom. The van der Waals surface area contributed by atoms with Crippen LogP contribution in [0.15, 0.2) is 24.3 Å². The minimum Gasteiger partial charge on any atom is -0.387 e. The fraction of sp³-hybridized carbons (Fsp3) is 0.533. The molecule has 3 nitrogen and oxygen atoms in total. The lowest BCUT2D eigenvalue weighted by molar-refractivity contribution is -0.139. The zero-order valence-electron chi connectivity index (χ0n) is 12.3. The first kappa shape index (κ1) is 17.5. The third-order valence-electron chi connectivity index (χ3n) is 2.81. The molecule has 0 bridgehead atoms. The number of halogens is 3. The summed E-state index contributed by atoms with van der Waals surface area (Å²) in [6.45, 7) is 5.38. The van der Waals surface area contributed by atoms with Crippen LogP contribution in [-0.4, -0.2) is 17.6 Å². The highest BCUT2D eigenvalue weighted by Crippen LogP contribution is 2.34. The van der Waals surface area contributed by atoms with Gasteiger partial charge < -0.3 is 10.4 Å². The number of aliphatic hydroxyl groups excluding tert-OH is 1. The molecule has 1 aromatic carbocycles. The van der Waals surface area contributed by atoms with E-state index in [2.05, 4.69) is 5.32 Å². The van der Waals surface area contributed by atoms with Crippen molar-refractivity contribution in [2.45, 2.75) is 39.5 Å². The average Bonchev–Trinajstić information content (AvgIpc) is 2.33. The highest BCUT2D eigenvalue weighted by atomic mass is 19.4. The van der Waals surface area contributed by atoms with Gasteiger partial charge in [0.25, 0.3) is 0 Å². The Balaban J connectivity index is 2.73. The molecule has 0 radical (unpaired) electrons. The first-order valence-corrected chi connectivity index (χ1v) is 6.61. The SMILES string of the molecule is CC(C)(C)CC(=O)NC[C@H](O)c1ccccc1C(F)(F)F. The summed E-state index contributed by atoms with van der Waals surface area (Å²) in [4.78, 5) is 11.6. The first-order valence-electron chi connectivity index (χ1n) is 6.61. The molecule has 0 aliphatic heterocycles. The Morgan fingerprint density at radius 2 is 1.81 bits per heavy atom. The summed E-state index contributed by atoms with van der Waals surface area (Å²) in [6, 6.07) is 4.81. The molecule has 0 aliphatic rings. The highest BCUT2D eigenvalue weighted by Gasteiger charge is 2.34. The number of hydrogen-bond donors (Lipinski definition) is 2. The van der Waals surface area contributed by atoms with Gasteiger partial charge in [-0.15, -0.1) is 0 Å². The van der Waals surface area contributed by atoms with Crippen molar-refractivity contribution in [3.8, 4) is 0 Å². The molecule has 2 N–H and O–H groups in total. The molecule has 0 saturated heterocycles. The van der Waals surface area contributed by atoms with Crippen LogP contribution < -0.4 is 5.32 Å². The van der Waals surface area contributed by atoms with Gasteiger partial charge in [0.15, 0.2) is 0 Å². The van der Waals surface area contributed by atoms with E-state index < -0.39 is 17.8 Å². The largest absolute Gasteiger partial charge is 0.416 e. The van der Waals surface area contributed by atoms with E-state index in [9.17, 15) is 23.1 Å². The molecule has 0 spiro atoms. The van der Waals surface area contributed by atoms with Gasteiger partial charge in [0.2, 0.25) is 5.91 Å². The van der Waals surface area contributed by atoms with Gasteiger partial charge in [-0.25, -0.2) is 0 Å². The summed E-state index contributed by atoms with van der Waals surface area (Å²) in [5, 5.41) is 12.4. The summed E-state index contributed by atoms with van der Waals surface area (Å²) in [5.41, 5.74) is -1.34. The molecule has 0 aliphatic carbocycles.